The minimum absolute atomic E-state index is 0.0367. The number of amides is 1. The molecule has 3 aromatic rings. The Labute approximate surface area is 190 Å². The molecule has 0 saturated heterocycles. The molecule has 178 valence electrons. The number of hydrogen-bond acceptors (Lipinski definition) is 5. The summed E-state index contributed by atoms with van der Waals surface area (Å²) in [4.78, 5) is 29.5. The lowest BCUT2D eigenvalue weighted by Gasteiger charge is -2.18. The highest BCUT2D eigenvalue weighted by Gasteiger charge is 2.40. The van der Waals surface area contributed by atoms with E-state index in [1.807, 2.05) is 0 Å². The summed E-state index contributed by atoms with van der Waals surface area (Å²) < 4.78 is 57.0. The van der Waals surface area contributed by atoms with Crippen LogP contribution in [0.25, 0.3) is 0 Å². The second-order valence-electron chi connectivity index (χ2n) is 7.75. The number of carbonyl (C=O) groups excluding carboxylic acids is 1. The Hall–Kier alpha value is -3.96. The summed E-state index contributed by atoms with van der Waals surface area (Å²) in [6, 6.07) is 5.58. The van der Waals surface area contributed by atoms with Crippen molar-refractivity contribution in [1.29, 1.82) is 0 Å². The molecule has 0 radical (unpaired) electrons. The fourth-order valence-electron chi connectivity index (χ4n) is 3.77. The van der Waals surface area contributed by atoms with Crippen LogP contribution in [0.1, 0.15) is 29.4 Å². The number of aryl methyl sites for hydroxylation is 1. The van der Waals surface area contributed by atoms with Gasteiger partial charge in [-0.2, -0.15) is 13.5 Å². The molecule has 0 saturated carbocycles. The van der Waals surface area contributed by atoms with E-state index in [1.165, 1.54) is 24.4 Å². The largest absolute Gasteiger partial charge is 0.618 e. The van der Waals surface area contributed by atoms with Crippen molar-refractivity contribution in [2.45, 2.75) is 31.4 Å². The van der Waals surface area contributed by atoms with Crippen molar-refractivity contribution < 1.29 is 27.1 Å². The Morgan fingerprint density at radius 3 is 2.79 bits per heavy atom. The molecule has 1 aromatic carbocycles. The zero-order valence-corrected chi connectivity index (χ0v) is 17.6. The number of nitrogens with one attached hydrogen (secondary N) is 2. The third-order valence-corrected chi connectivity index (χ3v) is 5.51. The van der Waals surface area contributed by atoms with Crippen molar-refractivity contribution in [2.24, 2.45) is 0 Å². The third kappa shape index (κ3) is 4.56. The Bertz CT molecular complexity index is 1300. The number of pyridine rings is 1. The number of fused-ring (bicyclic) bond motifs is 1. The number of nitrogens with zero attached hydrogens (tertiary/aromatic N) is 3. The highest BCUT2D eigenvalue weighted by atomic mass is 19.3. The minimum Gasteiger partial charge on any atom is -0.618 e. The van der Waals surface area contributed by atoms with Crippen LogP contribution in [0.2, 0.25) is 0 Å². The van der Waals surface area contributed by atoms with Crippen LogP contribution in [0.3, 0.4) is 0 Å². The molecule has 8 nitrogen and oxygen atoms in total. The molecule has 4 rings (SSSR count). The van der Waals surface area contributed by atoms with E-state index in [4.69, 9.17) is 0 Å². The van der Waals surface area contributed by atoms with Gasteiger partial charge in [-0.3, -0.25) is 14.2 Å². The number of carbonyl (C=O) groups is 1. The molecule has 0 bridgehead atoms. The highest BCUT2D eigenvalue weighted by Crippen LogP contribution is 2.27. The van der Waals surface area contributed by atoms with Crippen LogP contribution in [0, 0.1) is 16.8 Å². The van der Waals surface area contributed by atoms with E-state index in [0.29, 0.717) is 18.2 Å². The Morgan fingerprint density at radius 1 is 1.26 bits per heavy atom. The van der Waals surface area contributed by atoms with Crippen LogP contribution >= 0.6 is 0 Å². The van der Waals surface area contributed by atoms with Crippen molar-refractivity contribution in [2.75, 3.05) is 11.9 Å². The standard InChI is InChI=1S/C22H19F4N5O3/c23-14-5-4-13(16(24)9-14)10-28-20(32)17-7-6-15-11-27-19(21(33)31(15)17)29-12-22(25,26)18-3-1-2-8-30(18)34/h1-5,8-9,11,17H,6-7,10,12H2,(H,27,29)(H,28,32). The van der Waals surface area contributed by atoms with Gasteiger partial charge in [0.05, 0.1) is 6.54 Å². The molecular weight excluding hydrogens is 458 g/mol. The lowest BCUT2D eigenvalue weighted by atomic mass is 10.1. The number of anilines is 1. The van der Waals surface area contributed by atoms with Crippen LogP contribution in [-0.4, -0.2) is 22.0 Å². The molecule has 1 aliphatic rings. The number of benzene rings is 1. The Kier molecular flexibility index (Phi) is 6.22. The first-order chi connectivity index (χ1) is 16.2. The molecule has 2 N–H and O–H groups in total. The smallest absolute Gasteiger partial charge is 0.347 e. The lowest BCUT2D eigenvalue weighted by Crippen LogP contribution is -2.42. The van der Waals surface area contributed by atoms with Gasteiger partial charge in [0.15, 0.2) is 12.0 Å². The fourth-order valence-corrected chi connectivity index (χ4v) is 3.77. The Balaban J connectivity index is 1.49. The molecule has 1 aliphatic heterocycles. The first-order valence-electron chi connectivity index (χ1n) is 10.3. The molecule has 34 heavy (non-hydrogen) atoms. The normalized spacial score (nSPS) is 15.1. The summed E-state index contributed by atoms with van der Waals surface area (Å²) >= 11 is 0. The molecular formula is C22H19F4N5O3. The van der Waals surface area contributed by atoms with Gasteiger partial charge in [0.1, 0.15) is 17.7 Å². The maximum Gasteiger partial charge on any atom is 0.347 e. The van der Waals surface area contributed by atoms with E-state index in [1.54, 1.807) is 0 Å². The van der Waals surface area contributed by atoms with E-state index < -0.39 is 53.1 Å². The average molecular weight is 477 g/mol. The van der Waals surface area contributed by atoms with Crippen LogP contribution in [-0.2, 0) is 23.7 Å². The monoisotopic (exact) mass is 477 g/mol. The zero-order valence-electron chi connectivity index (χ0n) is 17.6. The minimum atomic E-state index is -3.60. The molecule has 1 unspecified atom stereocenters. The van der Waals surface area contributed by atoms with E-state index >= 15 is 0 Å². The third-order valence-electron chi connectivity index (χ3n) is 5.51. The molecule has 0 spiro atoms. The molecule has 1 atom stereocenters. The Morgan fingerprint density at radius 2 is 2.06 bits per heavy atom. The van der Waals surface area contributed by atoms with Crippen molar-refractivity contribution in [3.63, 3.8) is 0 Å². The van der Waals surface area contributed by atoms with Gasteiger partial charge >= 0.3 is 5.92 Å². The van der Waals surface area contributed by atoms with Crippen molar-refractivity contribution in [3.8, 4) is 0 Å². The zero-order chi connectivity index (χ0) is 24.5. The second kappa shape index (κ2) is 9.12. The van der Waals surface area contributed by atoms with E-state index in [-0.39, 0.29) is 23.3 Å². The number of alkyl halides is 2. The summed E-state index contributed by atoms with van der Waals surface area (Å²) in [7, 11) is 0. The molecule has 0 fully saturated rings. The number of hydrogen-bond donors (Lipinski definition) is 2. The van der Waals surface area contributed by atoms with Gasteiger partial charge in [-0.1, -0.05) is 6.07 Å². The van der Waals surface area contributed by atoms with Gasteiger partial charge in [0.2, 0.25) is 5.91 Å². The van der Waals surface area contributed by atoms with Gasteiger partial charge in [-0.25, -0.2) is 13.8 Å². The van der Waals surface area contributed by atoms with Gasteiger partial charge < -0.3 is 15.8 Å². The molecule has 3 heterocycles. The van der Waals surface area contributed by atoms with Gasteiger partial charge in [-0.05, 0) is 25.0 Å². The summed E-state index contributed by atoms with van der Waals surface area (Å²) in [5.41, 5.74) is -1.07. The molecule has 12 heteroatoms. The maximum atomic E-state index is 14.5. The van der Waals surface area contributed by atoms with Gasteiger partial charge in [0, 0.05) is 42.2 Å². The first kappa shape index (κ1) is 23.2. The predicted molar refractivity (Wildman–Crippen MR) is 112 cm³/mol. The van der Waals surface area contributed by atoms with Crippen LogP contribution in [0.15, 0.2) is 53.6 Å². The van der Waals surface area contributed by atoms with Crippen LogP contribution in [0.5, 0.6) is 0 Å². The van der Waals surface area contributed by atoms with Crippen molar-refractivity contribution >= 4 is 11.7 Å². The van der Waals surface area contributed by atoms with E-state index in [0.717, 1.165) is 22.9 Å². The molecule has 1 amide bonds. The number of rotatable bonds is 7. The fraction of sp³-hybridized carbons (Fsp3) is 0.273. The quantitative estimate of drug-likeness (QED) is 0.309. The highest BCUT2D eigenvalue weighted by molar-refractivity contribution is 5.81. The molecule has 0 aliphatic carbocycles. The number of aromatic nitrogens is 3. The van der Waals surface area contributed by atoms with Crippen molar-refractivity contribution in [3.05, 3.63) is 92.9 Å². The maximum absolute atomic E-state index is 14.5. The van der Waals surface area contributed by atoms with E-state index in [9.17, 15) is 32.4 Å². The second-order valence-corrected chi connectivity index (χ2v) is 7.75. The first-order valence-corrected chi connectivity index (χ1v) is 10.3. The summed E-state index contributed by atoms with van der Waals surface area (Å²) in [5, 5.41) is 16.4. The van der Waals surface area contributed by atoms with Crippen molar-refractivity contribution in [1.82, 2.24) is 14.9 Å². The average Bonchev–Trinajstić information content (AvgIpc) is 3.23. The van der Waals surface area contributed by atoms with Crippen LogP contribution in [0.4, 0.5) is 23.4 Å². The van der Waals surface area contributed by atoms with E-state index in [2.05, 4.69) is 15.6 Å². The van der Waals surface area contributed by atoms with Crippen LogP contribution < -0.4 is 20.9 Å². The summed E-state index contributed by atoms with van der Waals surface area (Å²) in [5.74, 6) is -6.15. The summed E-state index contributed by atoms with van der Waals surface area (Å²) in [6.07, 6.45) is 2.86. The van der Waals surface area contributed by atoms with Gasteiger partial charge in [0.25, 0.3) is 11.3 Å². The topological polar surface area (TPSA) is 103 Å². The SMILES string of the molecule is O=C(NCc1ccc(F)cc1F)C1CCc2cnc(NCC(F)(F)c3cccc[n+]3[O-])c(=O)n21. The van der Waals surface area contributed by atoms with Gasteiger partial charge in [-0.15, -0.1) is 0 Å². The number of halogens is 4. The molecule has 2 aromatic heterocycles. The lowest BCUT2D eigenvalue weighted by molar-refractivity contribution is -0.624. The summed E-state index contributed by atoms with van der Waals surface area (Å²) in [6.45, 7) is -1.29. The predicted octanol–water partition coefficient (Wildman–Crippen LogP) is 2.16.